The highest BCUT2D eigenvalue weighted by molar-refractivity contribution is 5.94. The van der Waals surface area contributed by atoms with Crippen LogP contribution in [0.2, 0.25) is 0 Å². The van der Waals surface area contributed by atoms with E-state index in [1.165, 1.54) is 6.07 Å². The second kappa shape index (κ2) is 7.20. The van der Waals surface area contributed by atoms with Gasteiger partial charge in [0.25, 0.3) is 5.91 Å². The number of aliphatic carboxylic acids is 1. The Hall–Kier alpha value is -3.10. The number of benzene rings is 1. The van der Waals surface area contributed by atoms with Crippen molar-refractivity contribution in [3.63, 3.8) is 0 Å². The van der Waals surface area contributed by atoms with Crippen molar-refractivity contribution in [1.29, 1.82) is 0 Å². The lowest BCUT2D eigenvalue weighted by Crippen LogP contribution is -2.39. The van der Waals surface area contributed by atoms with Crippen LogP contribution in [0.1, 0.15) is 34.9 Å². The Morgan fingerprint density at radius 3 is 2.96 bits per heavy atom. The first kappa shape index (κ1) is 16.7. The summed E-state index contributed by atoms with van der Waals surface area (Å²) in [4.78, 5) is 38.9. The first-order valence-corrected chi connectivity index (χ1v) is 7.91. The summed E-state index contributed by atoms with van der Waals surface area (Å²) in [5, 5.41) is 15.0. The van der Waals surface area contributed by atoms with Crippen molar-refractivity contribution in [2.24, 2.45) is 0 Å². The fourth-order valence-corrected chi connectivity index (χ4v) is 2.91. The molecule has 0 spiro atoms. The zero-order chi connectivity index (χ0) is 17.8. The molecular weight excluding hydrogens is 328 g/mol. The molecular formula is C16H18N4O5. The minimum atomic E-state index is -1.08. The van der Waals surface area contributed by atoms with Crippen LogP contribution in [0.25, 0.3) is 0 Å². The maximum atomic E-state index is 12.7. The average Bonchev–Trinajstić information content (AvgIpc) is 3.06. The number of H-pyrrole nitrogens is 2. The second-order valence-corrected chi connectivity index (χ2v) is 5.86. The minimum Gasteiger partial charge on any atom is -0.482 e. The van der Waals surface area contributed by atoms with Crippen LogP contribution in [0.3, 0.4) is 0 Å². The summed E-state index contributed by atoms with van der Waals surface area (Å²) in [7, 11) is 0. The fraction of sp³-hybridized carbons (Fsp3) is 0.375. The SMILES string of the molecule is O=C(O)COc1cccc(C(=O)N2CCCC(c3n[nH]c(=O)[nH]3)C2)c1. The topological polar surface area (TPSA) is 128 Å². The maximum absolute atomic E-state index is 12.7. The van der Waals surface area contributed by atoms with Crippen molar-refractivity contribution in [2.45, 2.75) is 18.8 Å². The number of carboxylic acid groups (broad SMARTS) is 1. The number of rotatable bonds is 5. The monoisotopic (exact) mass is 346 g/mol. The highest BCUT2D eigenvalue weighted by atomic mass is 16.5. The molecule has 1 aliphatic rings. The summed E-state index contributed by atoms with van der Waals surface area (Å²) in [5.41, 5.74) is 0.0702. The Balaban J connectivity index is 1.70. The van der Waals surface area contributed by atoms with Crippen LogP contribution in [0.5, 0.6) is 5.75 Å². The third-order valence-corrected chi connectivity index (χ3v) is 4.06. The van der Waals surface area contributed by atoms with Crippen molar-refractivity contribution < 1.29 is 19.4 Å². The summed E-state index contributed by atoms with van der Waals surface area (Å²) in [6.45, 7) is 0.611. The van der Waals surface area contributed by atoms with E-state index in [1.807, 2.05) is 0 Å². The zero-order valence-electron chi connectivity index (χ0n) is 13.4. The van der Waals surface area contributed by atoms with Gasteiger partial charge in [0.1, 0.15) is 11.6 Å². The number of nitrogens with one attached hydrogen (secondary N) is 2. The summed E-state index contributed by atoms with van der Waals surface area (Å²) in [6, 6.07) is 6.45. The van der Waals surface area contributed by atoms with Crippen LogP contribution in [0.4, 0.5) is 0 Å². The molecule has 1 amide bonds. The summed E-state index contributed by atoms with van der Waals surface area (Å²) in [5.74, 6) is -0.380. The van der Waals surface area contributed by atoms with E-state index in [1.54, 1.807) is 23.1 Å². The number of carbonyl (C=O) groups excluding carboxylic acids is 1. The molecule has 1 aromatic heterocycles. The molecule has 3 N–H and O–H groups in total. The van der Waals surface area contributed by atoms with Gasteiger partial charge in [0, 0.05) is 24.6 Å². The smallest absolute Gasteiger partial charge is 0.341 e. The molecule has 9 heteroatoms. The fourth-order valence-electron chi connectivity index (χ4n) is 2.91. The van der Waals surface area contributed by atoms with Crippen molar-refractivity contribution >= 4 is 11.9 Å². The van der Waals surface area contributed by atoms with Gasteiger partial charge in [0.05, 0.1) is 0 Å². The summed E-state index contributed by atoms with van der Waals surface area (Å²) in [6.07, 6.45) is 1.65. The second-order valence-electron chi connectivity index (χ2n) is 5.86. The molecule has 1 unspecified atom stereocenters. The Kier molecular flexibility index (Phi) is 4.82. The number of likely N-dealkylation sites (tertiary alicyclic amines) is 1. The highest BCUT2D eigenvalue weighted by Crippen LogP contribution is 2.25. The molecule has 25 heavy (non-hydrogen) atoms. The van der Waals surface area contributed by atoms with E-state index in [0.717, 1.165) is 12.8 Å². The van der Waals surface area contributed by atoms with Crippen molar-refractivity contribution in [3.8, 4) is 5.75 Å². The van der Waals surface area contributed by atoms with E-state index in [9.17, 15) is 14.4 Å². The minimum absolute atomic E-state index is 0.0249. The molecule has 2 heterocycles. The number of amides is 1. The predicted molar refractivity (Wildman–Crippen MR) is 86.7 cm³/mol. The molecule has 9 nitrogen and oxygen atoms in total. The van der Waals surface area contributed by atoms with Crippen LogP contribution in [-0.4, -0.2) is 56.8 Å². The van der Waals surface area contributed by atoms with Gasteiger partial charge in [0.15, 0.2) is 6.61 Å². The van der Waals surface area contributed by atoms with Crippen LogP contribution >= 0.6 is 0 Å². The van der Waals surface area contributed by atoms with Gasteiger partial charge in [-0.3, -0.25) is 9.78 Å². The molecule has 0 radical (unpaired) electrons. The molecule has 1 aliphatic heterocycles. The van der Waals surface area contributed by atoms with Gasteiger partial charge in [-0.2, -0.15) is 5.10 Å². The number of hydrogen-bond donors (Lipinski definition) is 3. The van der Waals surface area contributed by atoms with Crippen molar-refractivity contribution in [3.05, 3.63) is 46.1 Å². The number of ether oxygens (including phenoxy) is 1. The van der Waals surface area contributed by atoms with E-state index in [-0.39, 0.29) is 17.5 Å². The van der Waals surface area contributed by atoms with Gasteiger partial charge in [0.2, 0.25) is 0 Å². The zero-order valence-corrected chi connectivity index (χ0v) is 13.4. The van der Waals surface area contributed by atoms with Crippen LogP contribution in [0.15, 0.2) is 29.1 Å². The van der Waals surface area contributed by atoms with Gasteiger partial charge in [-0.05, 0) is 31.0 Å². The van der Waals surface area contributed by atoms with E-state index in [4.69, 9.17) is 9.84 Å². The molecule has 1 fully saturated rings. The first-order valence-electron chi connectivity index (χ1n) is 7.91. The Morgan fingerprint density at radius 2 is 2.24 bits per heavy atom. The number of carboxylic acids is 1. The third kappa shape index (κ3) is 4.06. The summed E-state index contributed by atoms with van der Waals surface area (Å²) < 4.78 is 5.11. The Bertz CT molecular complexity index is 828. The quantitative estimate of drug-likeness (QED) is 0.726. The molecule has 0 aliphatic carbocycles. The lowest BCUT2D eigenvalue weighted by Gasteiger charge is -2.31. The van der Waals surface area contributed by atoms with Gasteiger partial charge in [-0.15, -0.1) is 0 Å². The normalized spacial score (nSPS) is 17.3. The number of aromatic amines is 2. The molecule has 1 aromatic carbocycles. The lowest BCUT2D eigenvalue weighted by atomic mass is 9.96. The highest BCUT2D eigenvalue weighted by Gasteiger charge is 2.27. The Morgan fingerprint density at radius 1 is 1.40 bits per heavy atom. The van der Waals surface area contributed by atoms with Crippen LogP contribution in [0, 0.1) is 0 Å². The first-order chi connectivity index (χ1) is 12.0. The lowest BCUT2D eigenvalue weighted by molar-refractivity contribution is -0.139. The molecule has 2 aromatic rings. The predicted octanol–water partition coefficient (Wildman–Crippen LogP) is 0.581. The molecule has 0 saturated carbocycles. The largest absolute Gasteiger partial charge is 0.482 e. The molecule has 132 valence electrons. The van der Waals surface area contributed by atoms with Crippen molar-refractivity contribution in [2.75, 3.05) is 19.7 Å². The van der Waals surface area contributed by atoms with Gasteiger partial charge in [-0.25, -0.2) is 14.7 Å². The third-order valence-electron chi connectivity index (χ3n) is 4.06. The maximum Gasteiger partial charge on any atom is 0.341 e. The molecule has 1 atom stereocenters. The van der Waals surface area contributed by atoms with Crippen LogP contribution < -0.4 is 10.4 Å². The van der Waals surface area contributed by atoms with Gasteiger partial charge >= 0.3 is 11.7 Å². The number of aromatic nitrogens is 3. The van der Waals surface area contributed by atoms with E-state index in [2.05, 4.69) is 15.2 Å². The number of piperidine rings is 1. The number of nitrogens with zero attached hydrogens (tertiary/aromatic N) is 2. The van der Waals surface area contributed by atoms with Crippen LogP contribution in [-0.2, 0) is 4.79 Å². The molecule has 3 rings (SSSR count). The standard InChI is InChI=1S/C16H18N4O5/c21-13(22)9-25-12-5-1-3-10(7-12)15(23)20-6-2-4-11(8-20)14-17-16(24)19-18-14/h1,3,5,7,11H,2,4,6,8-9H2,(H,21,22)(H2,17,18,19,24). The van der Waals surface area contributed by atoms with E-state index >= 15 is 0 Å². The number of hydrogen-bond acceptors (Lipinski definition) is 5. The molecule has 1 saturated heterocycles. The molecule has 0 bridgehead atoms. The van der Waals surface area contributed by atoms with Crippen molar-refractivity contribution in [1.82, 2.24) is 20.1 Å². The van der Waals surface area contributed by atoms with E-state index < -0.39 is 12.6 Å². The number of carbonyl (C=O) groups is 2. The van der Waals surface area contributed by atoms with Gasteiger partial charge < -0.3 is 14.7 Å². The average molecular weight is 346 g/mol. The van der Waals surface area contributed by atoms with Gasteiger partial charge in [-0.1, -0.05) is 6.07 Å². The van der Waals surface area contributed by atoms with E-state index in [0.29, 0.717) is 30.2 Å². The summed E-state index contributed by atoms with van der Waals surface area (Å²) >= 11 is 0. The Labute approximate surface area is 142 Å².